The second-order valence-corrected chi connectivity index (χ2v) is 3.77. The maximum absolute atomic E-state index is 10.5. The van der Waals surface area contributed by atoms with Crippen LogP contribution in [-0.2, 0) is 11.3 Å². The molecule has 0 fully saturated rings. The number of carboxylic acid groups (broad SMARTS) is 1. The molecule has 0 spiro atoms. The summed E-state index contributed by atoms with van der Waals surface area (Å²) in [5.74, 6) is -0.889. The van der Waals surface area contributed by atoms with Gasteiger partial charge in [-0.25, -0.2) is 4.98 Å². The Kier molecular flexibility index (Phi) is 4.54. The minimum absolute atomic E-state index is 0. The van der Waals surface area contributed by atoms with Crippen LogP contribution in [0.3, 0.4) is 0 Å². The number of aromatic nitrogens is 2. The van der Waals surface area contributed by atoms with E-state index in [2.05, 4.69) is 4.98 Å². The van der Waals surface area contributed by atoms with Gasteiger partial charge in [0.05, 0.1) is 12.0 Å². The molecule has 0 saturated heterocycles. The highest BCUT2D eigenvalue weighted by atomic mass is 35.5. The van der Waals surface area contributed by atoms with E-state index in [0.717, 1.165) is 11.3 Å². The lowest BCUT2D eigenvalue weighted by molar-refractivity contribution is -0.137. The van der Waals surface area contributed by atoms with Crippen molar-refractivity contribution in [2.24, 2.45) is 0 Å². The summed E-state index contributed by atoms with van der Waals surface area (Å²) in [4.78, 5) is 14.6. The van der Waals surface area contributed by atoms with Crippen molar-refractivity contribution in [3.63, 3.8) is 0 Å². The molecule has 90 valence electrons. The van der Waals surface area contributed by atoms with E-state index < -0.39 is 5.97 Å². The minimum Gasteiger partial charge on any atom is -0.480 e. The fourth-order valence-electron chi connectivity index (χ4n) is 1.37. The fourth-order valence-corrected chi connectivity index (χ4v) is 1.50. The third-order valence-corrected chi connectivity index (χ3v) is 2.34. The van der Waals surface area contributed by atoms with E-state index in [1.54, 1.807) is 18.3 Å². The molecule has 1 aromatic carbocycles. The highest BCUT2D eigenvalue weighted by Crippen LogP contribution is 2.19. The number of imidazole rings is 1. The van der Waals surface area contributed by atoms with Gasteiger partial charge in [0.25, 0.3) is 0 Å². The summed E-state index contributed by atoms with van der Waals surface area (Å²) < 4.78 is 1.52. The summed E-state index contributed by atoms with van der Waals surface area (Å²) in [7, 11) is 0. The Morgan fingerprint density at radius 1 is 1.35 bits per heavy atom. The number of aliphatic carboxylic acids is 1. The quantitative estimate of drug-likeness (QED) is 0.935. The number of hydrogen-bond acceptors (Lipinski definition) is 2. The van der Waals surface area contributed by atoms with E-state index in [-0.39, 0.29) is 19.0 Å². The van der Waals surface area contributed by atoms with Crippen LogP contribution in [0.25, 0.3) is 11.3 Å². The van der Waals surface area contributed by atoms with Crippen LogP contribution in [0.1, 0.15) is 0 Å². The van der Waals surface area contributed by atoms with Crippen LogP contribution in [-0.4, -0.2) is 20.6 Å². The van der Waals surface area contributed by atoms with Crippen molar-refractivity contribution >= 4 is 30.0 Å². The molecule has 0 saturated carbocycles. The van der Waals surface area contributed by atoms with Gasteiger partial charge in [0.1, 0.15) is 6.54 Å². The number of rotatable bonds is 3. The van der Waals surface area contributed by atoms with Gasteiger partial charge in [0, 0.05) is 16.8 Å². The molecule has 1 N–H and O–H groups in total. The average Bonchev–Trinajstić information content (AvgIpc) is 2.66. The number of carboxylic acids is 1. The molecule has 0 atom stereocenters. The normalized spacial score (nSPS) is 9.71. The van der Waals surface area contributed by atoms with Crippen molar-refractivity contribution in [1.82, 2.24) is 9.55 Å². The summed E-state index contributed by atoms with van der Waals surface area (Å²) in [5, 5.41) is 9.28. The maximum Gasteiger partial charge on any atom is 0.323 e. The molecule has 6 heteroatoms. The van der Waals surface area contributed by atoms with Crippen molar-refractivity contribution in [2.45, 2.75) is 6.54 Å². The molecule has 0 bridgehead atoms. The van der Waals surface area contributed by atoms with Crippen LogP contribution in [0, 0.1) is 0 Å². The lowest BCUT2D eigenvalue weighted by Crippen LogP contribution is -2.06. The van der Waals surface area contributed by atoms with Gasteiger partial charge in [-0.15, -0.1) is 12.4 Å². The lowest BCUT2D eigenvalue weighted by atomic mass is 10.2. The molecule has 0 radical (unpaired) electrons. The molecule has 4 nitrogen and oxygen atoms in total. The largest absolute Gasteiger partial charge is 0.480 e. The second-order valence-electron chi connectivity index (χ2n) is 3.33. The molecule has 0 aliphatic carbocycles. The van der Waals surface area contributed by atoms with E-state index >= 15 is 0 Å². The first kappa shape index (κ1) is 13.5. The van der Waals surface area contributed by atoms with Crippen molar-refractivity contribution in [3.05, 3.63) is 41.8 Å². The highest BCUT2D eigenvalue weighted by Gasteiger charge is 2.04. The Balaban J connectivity index is 0.00000144. The Morgan fingerprint density at radius 3 is 2.59 bits per heavy atom. The number of benzene rings is 1. The Labute approximate surface area is 109 Å². The SMILES string of the molecule is Cl.O=C(O)Cn1cnc(-c2ccc(Cl)cc2)c1. The van der Waals surface area contributed by atoms with Gasteiger partial charge in [0.15, 0.2) is 0 Å². The molecule has 2 rings (SSSR count). The van der Waals surface area contributed by atoms with Gasteiger partial charge >= 0.3 is 5.97 Å². The molecular weight excluding hydrogens is 263 g/mol. The third-order valence-electron chi connectivity index (χ3n) is 2.09. The summed E-state index contributed by atoms with van der Waals surface area (Å²) in [5.41, 5.74) is 1.64. The summed E-state index contributed by atoms with van der Waals surface area (Å²) in [6.07, 6.45) is 3.19. The molecule has 1 aromatic heterocycles. The Bertz CT molecular complexity index is 508. The molecule has 0 amide bonds. The maximum atomic E-state index is 10.5. The van der Waals surface area contributed by atoms with Crippen molar-refractivity contribution < 1.29 is 9.90 Å². The number of hydrogen-bond donors (Lipinski definition) is 1. The number of halogens is 2. The van der Waals surface area contributed by atoms with Crippen LogP contribution in [0.15, 0.2) is 36.8 Å². The van der Waals surface area contributed by atoms with Crippen molar-refractivity contribution in [2.75, 3.05) is 0 Å². The van der Waals surface area contributed by atoms with Crippen LogP contribution in [0.5, 0.6) is 0 Å². The van der Waals surface area contributed by atoms with Gasteiger partial charge in [-0.05, 0) is 12.1 Å². The Morgan fingerprint density at radius 2 is 2.00 bits per heavy atom. The molecule has 0 aliphatic heterocycles. The fraction of sp³-hybridized carbons (Fsp3) is 0.0909. The lowest BCUT2D eigenvalue weighted by Gasteiger charge is -1.96. The summed E-state index contributed by atoms with van der Waals surface area (Å²) in [6, 6.07) is 7.23. The summed E-state index contributed by atoms with van der Waals surface area (Å²) >= 11 is 5.77. The molecular formula is C11H10Cl2N2O2. The van der Waals surface area contributed by atoms with Gasteiger partial charge in [-0.1, -0.05) is 23.7 Å². The van der Waals surface area contributed by atoms with E-state index in [1.807, 2.05) is 12.1 Å². The zero-order chi connectivity index (χ0) is 11.5. The summed E-state index contributed by atoms with van der Waals surface area (Å²) in [6.45, 7) is -0.0827. The van der Waals surface area contributed by atoms with Gasteiger partial charge in [-0.3, -0.25) is 4.79 Å². The third kappa shape index (κ3) is 3.47. The topological polar surface area (TPSA) is 55.1 Å². The van der Waals surface area contributed by atoms with Crippen LogP contribution >= 0.6 is 24.0 Å². The molecule has 1 heterocycles. The first-order valence-electron chi connectivity index (χ1n) is 4.64. The van der Waals surface area contributed by atoms with Crippen LogP contribution < -0.4 is 0 Å². The molecule has 2 aromatic rings. The minimum atomic E-state index is -0.889. The molecule has 0 aliphatic rings. The van der Waals surface area contributed by atoms with Gasteiger partial charge in [0.2, 0.25) is 0 Å². The number of carbonyl (C=O) groups is 1. The zero-order valence-corrected chi connectivity index (χ0v) is 10.3. The highest BCUT2D eigenvalue weighted by molar-refractivity contribution is 6.30. The molecule has 17 heavy (non-hydrogen) atoms. The monoisotopic (exact) mass is 272 g/mol. The predicted octanol–water partition coefficient (Wildman–Crippen LogP) is 2.71. The smallest absolute Gasteiger partial charge is 0.323 e. The average molecular weight is 273 g/mol. The number of nitrogens with zero attached hydrogens (tertiary/aromatic N) is 2. The van der Waals surface area contributed by atoms with Crippen LogP contribution in [0.4, 0.5) is 0 Å². The zero-order valence-electron chi connectivity index (χ0n) is 8.71. The van der Waals surface area contributed by atoms with Gasteiger partial charge in [-0.2, -0.15) is 0 Å². The standard InChI is InChI=1S/C11H9ClN2O2.ClH/c12-9-3-1-8(2-4-9)10-5-14(7-13-10)6-11(15)16;/h1-5,7H,6H2,(H,15,16);1H. The van der Waals surface area contributed by atoms with Crippen molar-refractivity contribution in [1.29, 1.82) is 0 Å². The van der Waals surface area contributed by atoms with E-state index in [0.29, 0.717) is 5.02 Å². The first-order valence-corrected chi connectivity index (χ1v) is 5.02. The predicted molar refractivity (Wildman–Crippen MR) is 67.6 cm³/mol. The van der Waals surface area contributed by atoms with Crippen molar-refractivity contribution in [3.8, 4) is 11.3 Å². The van der Waals surface area contributed by atoms with Crippen LogP contribution in [0.2, 0.25) is 5.02 Å². The first-order chi connectivity index (χ1) is 7.65. The Hall–Kier alpha value is -1.52. The van der Waals surface area contributed by atoms with Gasteiger partial charge < -0.3 is 9.67 Å². The van der Waals surface area contributed by atoms with E-state index in [9.17, 15) is 4.79 Å². The van der Waals surface area contributed by atoms with E-state index in [4.69, 9.17) is 16.7 Å². The second kappa shape index (κ2) is 5.70. The van der Waals surface area contributed by atoms with E-state index in [1.165, 1.54) is 10.9 Å². The molecule has 0 unspecified atom stereocenters.